The summed E-state index contributed by atoms with van der Waals surface area (Å²) in [6, 6.07) is 21.0. The molecule has 41 heavy (non-hydrogen) atoms. The number of benzene rings is 2. The molecule has 0 bridgehead atoms. The van der Waals surface area contributed by atoms with Crippen LogP contribution in [0.4, 0.5) is 10.1 Å². The Kier molecular flexibility index (Phi) is 8.86. The Morgan fingerprint density at radius 1 is 1.05 bits per heavy atom. The molecule has 0 unspecified atom stereocenters. The third kappa shape index (κ3) is 6.87. The number of Topliss-reactive ketones (excluding diaryl/α,β-unsaturated/α-hetero) is 1. The number of hydrogen-bond donors (Lipinski definition) is 1. The number of furan rings is 1. The maximum Gasteiger partial charge on any atom is 0.234 e. The van der Waals surface area contributed by atoms with Crippen molar-refractivity contribution in [2.24, 2.45) is 0 Å². The summed E-state index contributed by atoms with van der Waals surface area (Å²) < 4.78 is 27.8. The van der Waals surface area contributed by atoms with Gasteiger partial charge in [0.15, 0.2) is 11.6 Å². The fourth-order valence-corrected chi connectivity index (χ4v) is 5.37. The highest BCUT2D eigenvalue weighted by atomic mass is 32.1. The van der Waals surface area contributed by atoms with Crippen molar-refractivity contribution in [1.82, 2.24) is 10.3 Å². The first-order valence-corrected chi connectivity index (χ1v) is 14.2. The Labute approximate surface area is 241 Å². The van der Waals surface area contributed by atoms with E-state index in [0.717, 1.165) is 39.6 Å². The summed E-state index contributed by atoms with van der Waals surface area (Å²) in [5.41, 5.74) is 1.89. The summed E-state index contributed by atoms with van der Waals surface area (Å²) in [6.45, 7) is 3.69. The van der Waals surface area contributed by atoms with Crippen LogP contribution < -0.4 is 15.0 Å². The average molecular weight is 572 g/mol. The summed E-state index contributed by atoms with van der Waals surface area (Å²) in [5.74, 6) is 0.878. The van der Waals surface area contributed by atoms with E-state index in [0.29, 0.717) is 23.5 Å². The summed E-state index contributed by atoms with van der Waals surface area (Å²) >= 11 is 1.46. The van der Waals surface area contributed by atoms with Gasteiger partial charge in [0, 0.05) is 31.4 Å². The summed E-state index contributed by atoms with van der Waals surface area (Å²) in [6.07, 6.45) is 2.34. The molecule has 1 amide bonds. The van der Waals surface area contributed by atoms with E-state index < -0.39 is 5.82 Å². The standard InChI is InChI=1S/C32H30FN3O4S/c1-3-14-34-20-24-10-12-28(39-24)30-19-26-32(41-30)29(13-15-35-26)40-27-11-9-21(17-25(27)33)16-23(37)18-31(38)36(2)22-7-5-4-6-8-22/h4-13,15,17,19,34H,3,14,16,18,20H2,1-2H3. The molecule has 3 heterocycles. The van der Waals surface area contributed by atoms with Gasteiger partial charge in [-0.15, -0.1) is 11.3 Å². The molecule has 3 aromatic heterocycles. The third-order valence-corrected chi connectivity index (χ3v) is 7.64. The van der Waals surface area contributed by atoms with Crippen LogP contribution >= 0.6 is 11.3 Å². The average Bonchev–Trinajstić information content (AvgIpc) is 3.62. The molecule has 1 N–H and O–H groups in total. The van der Waals surface area contributed by atoms with E-state index in [1.807, 2.05) is 36.4 Å². The zero-order valence-electron chi connectivity index (χ0n) is 22.9. The number of aromatic nitrogens is 1. The highest BCUT2D eigenvalue weighted by Gasteiger charge is 2.18. The van der Waals surface area contributed by atoms with E-state index in [9.17, 15) is 9.59 Å². The van der Waals surface area contributed by atoms with Crippen molar-refractivity contribution in [1.29, 1.82) is 0 Å². The van der Waals surface area contributed by atoms with Crippen molar-refractivity contribution in [2.75, 3.05) is 18.5 Å². The molecular formula is C32H30FN3O4S. The van der Waals surface area contributed by atoms with Crippen LogP contribution in [0.1, 0.15) is 31.1 Å². The second-order valence-corrected chi connectivity index (χ2v) is 10.7. The number of carbonyl (C=O) groups is 2. The van der Waals surface area contributed by atoms with E-state index in [1.54, 1.807) is 37.5 Å². The van der Waals surface area contributed by atoms with Gasteiger partial charge in [-0.1, -0.05) is 31.2 Å². The van der Waals surface area contributed by atoms with E-state index in [1.165, 1.54) is 28.4 Å². The lowest BCUT2D eigenvalue weighted by atomic mass is 10.1. The van der Waals surface area contributed by atoms with Crippen LogP contribution in [0.15, 0.2) is 83.4 Å². The fourth-order valence-electron chi connectivity index (χ4n) is 4.34. The lowest BCUT2D eigenvalue weighted by molar-refractivity contribution is -0.126. The predicted molar refractivity (Wildman–Crippen MR) is 159 cm³/mol. The Morgan fingerprint density at radius 2 is 1.88 bits per heavy atom. The summed E-state index contributed by atoms with van der Waals surface area (Å²) in [4.78, 5) is 31.9. The highest BCUT2D eigenvalue weighted by molar-refractivity contribution is 7.22. The predicted octanol–water partition coefficient (Wildman–Crippen LogP) is 7.15. The first-order chi connectivity index (χ1) is 19.9. The topological polar surface area (TPSA) is 84.7 Å². The number of anilines is 1. The number of thiophene rings is 1. The molecule has 0 aliphatic heterocycles. The first kappa shape index (κ1) is 28.2. The Morgan fingerprint density at radius 3 is 2.66 bits per heavy atom. The molecule has 7 nitrogen and oxygen atoms in total. The van der Waals surface area contributed by atoms with E-state index in [2.05, 4.69) is 17.2 Å². The number of nitrogens with zero attached hydrogens (tertiary/aromatic N) is 2. The van der Waals surface area contributed by atoms with Gasteiger partial charge in [-0.05, 0) is 61.0 Å². The molecule has 0 saturated heterocycles. The van der Waals surface area contributed by atoms with Crippen molar-refractivity contribution in [3.05, 3.63) is 96.1 Å². The van der Waals surface area contributed by atoms with Gasteiger partial charge in [-0.25, -0.2) is 4.39 Å². The minimum atomic E-state index is -0.597. The molecule has 0 radical (unpaired) electrons. The molecular weight excluding hydrogens is 541 g/mol. The number of ketones is 1. The van der Waals surface area contributed by atoms with Gasteiger partial charge in [-0.3, -0.25) is 14.6 Å². The molecule has 0 saturated carbocycles. The molecule has 5 rings (SSSR count). The Bertz CT molecular complexity index is 1660. The molecule has 0 fully saturated rings. The molecule has 2 aromatic carbocycles. The van der Waals surface area contributed by atoms with Gasteiger partial charge < -0.3 is 19.4 Å². The zero-order chi connectivity index (χ0) is 28.8. The van der Waals surface area contributed by atoms with Gasteiger partial charge in [0.2, 0.25) is 5.91 Å². The quantitative estimate of drug-likeness (QED) is 0.126. The number of rotatable bonds is 12. The SMILES string of the molecule is CCCNCc1ccc(-c2cc3nccc(Oc4ccc(CC(=O)CC(=O)N(C)c5ccccc5)cc4F)c3s2)o1. The van der Waals surface area contributed by atoms with Crippen molar-refractivity contribution < 1.29 is 23.1 Å². The summed E-state index contributed by atoms with van der Waals surface area (Å²) in [7, 11) is 1.63. The van der Waals surface area contributed by atoms with Crippen molar-refractivity contribution in [2.45, 2.75) is 32.7 Å². The number of fused-ring (bicyclic) bond motifs is 1. The van der Waals surface area contributed by atoms with Crippen LogP contribution in [0.3, 0.4) is 0 Å². The fraction of sp³-hybridized carbons (Fsp3) is 0.219. The van der Waals surface area contributed by atoms with Gasteiger partial charge in [0.05, 0.1) is 28.1 Å². The molecule has 9 heteroatoms. The molecule has 0 aliphatic carbocycles. The lowest BCUT2D eigenvalue weighted by Gasteiger charge is -2.16. The number of ether oxygens (including phenoxy) is 1. The Balaban J connectivity index is 1.25. The van der Waals surface area contributed by atoms with E-state index in [4.69, 9.17) is 9.15 Å². The number of nitrogens with one attached hydrogen (secondary N) is 1. The number of hydrogen-bond acceptors (Lipinski definition) is 7. The first-order valence-electron chi connectivity index (χ1n) is 13.4. The molecule has 0 spiro atoms. The molecule has 210 valence electrons. The maximum atomic E-state index is 15.1. The normalized spacial score (nSPS) is 11.1. The molecule has 0 aliphatic rings. The van der Waals surface area contributed by atoms with Gasteiger partial charge in [0.25, 0.3) is 0 Å². The largest absolute Gasteiger partial charge is 0.459 e. The van der Waals surface area contributed by atoms with Crippen molar-refractivity contribution >= 4 is 38.9 Å². The van der Waals surface area contributed by atoms with E-state index in [-0.39, 0.29) is 30.3 Å². The van der Waals surface area contributed by atoms with Crippen LogP contribution in [0.5, 0.6) is 11.5 Å². The number of amides is 1. The summed E-state index contributed by atoms with van der Waals surface area (Å²) in [5, 5.41) is 3.32. The minimum absolute atomic E-state index is 0.0332. The third-order valence-electron chi connectivity index (χ3n) is 6.49. The van der Waals surface area contributed by atoms with Crippen LogP contribution in [0.2, 0.25) is 0 Å². The number of carbonyl (C=O) groups excluding carboxylic acids is 2. The Hall–Kier alpha value is -4.34. The van der Waals surface area contributed by atoms with Crippen molar-refractivity contribution in [3.63, 3.8) is 0 Å². The van der Waals surface area contributed by atoms with Gasteiger partial charge in [-0.2, -0.15) is 0 Å². The number of halogens is 1. The van der Waals surface area contributed by atoms with Crippen LogP contribution in [0, 0.1) is 5.82 Å². The molecule has 0 atom stereocenters. The van der Waals surface area contributed by atoms with Crippen LogP contribution in [0.25, 0.3) is 20.9 Å². The van der Waals surface area contributed by atoms with E-state index >= 15 is 4.39 Å². The minimum Gasteiger partial charge on any atom is -0.459 e. The second kappa shape index (κ2) is 12.9. The van der Waals surface area contributed by atoms with Crippen molar-refractivity contribution in [3.8, 4) is 22.1 Å². The zero-order valence-corrected chi connectivity index (χ0v) is 23.7. The maximum absolute atomic E-state index is 15.1. The number of para-hydroxylation sites is 1. The van der Waals surface area contributed by atoms with Gasteiger partial charge >= 0.3 is 0 Å². The monoisotopic (exact) mass is 571 g/mol. The van der Waals surface area contributed by atoms with Crippen LogP contribution in [-0.4, -0.2) is 30.3 Å². The second-order valence-electron chi connectivity index (χ2n) is 9.62. The highest BCUT2D eigenvalue weighted by Crippen LogP contribution is 2.40. The molecule has 5 aromatic rings. The lowest BCUT2D eigenvalue weighted by Crippen LogP contribution is -2.28. The van der Waals surface area contributed by atoms with Gasteiger partial charge in [0.1, 0.15) is 23.1 Å². The number of pyridine rings is 1. The smallest absolute Gasteiger partial charge is 0.234 e. The van der Waals surface area contributed by atoms with Crippen LogP contribution in [-0.2, 0) is 22.6 Å².